The van der Waals surface area contributed by atoms with Gasteiger partial charge in [-0.1, -0.05) is 72.6 Å². The molecule has 1 aliphatic carbocycles. The number of hydrogen-bond acceptors (Lipinski definition) is 2. The zero-order valence-corrected chi connectivity index (χ0v) is 19.3. The lowest BCUT2D eigenvalue weighted by Gasteiger charge is -2.43. The maximum atomic E-state index is 13.0. The second-order valence-electron chi connectivity index (χ2n) is 8.39. The van der Waals surface area contributed by atoms with Crippen LogP contribution in [-0.2, 0) is 4.79 Å². The third-order valence-corrected chi connectivity index (χ3v) is 7.24. The van der Waals surface area contributed by atoms with E-state index in [1.54, 1.807) is 6.07 Å². The average Bonchev–Trinajstić information content (AvgIpc) is 3.26. The van der Waals surface area contributed by atoms with Crippen LogP contribution in [-0.4, -0.2) is 30.4 Å². The van der Waals surface area contributed by atoms with Crippen LogP contribution in [0.1, 0.15) is 50.1 Å². The number of nitrogens with zero attached hydrogens (tertiary/aromatic N) is 2. The molecule has 2 fully saturated rings. The first kappa shape index (κ1) is 21.8. The Bertz CT molecular complexity index is 881. The molecule has 0 radical (unpaired) electrons. The van der Waals surface area contributed by atoms with Gasteiger partial charge in [0.25, 0.3) is 0 Å². The molecular weight excluding hydrogens is 439 g/mol. The average molecular weight is 466 g/mol. The molecule has 3 nitrogen and oxygen atoms in total. The van der Waals surface area contributed by atoms with Crippen LogP contribution in [0.2, 0.25) is 15.1 Å². The van der Waals surface area contributed by atoms with E-state index in [0.29, 0.717) is 34.6 Å². The maximum Gasteiger partial charge on any atom is 0.222 e. The van der Waals surface area contributed by atoms with Gasteiger partial charge in [-0.3, -0.25) is 4.79 Å². The largest absolute Gasteiger partial charge is 0.360 e. The Morgan fingerprint density at radius 3 is 2.33 bits per heavy atom. The summed E-state index contributed by atoms with van der Waals surface area (Å²) in [5, 5.41) is 1.95. The quantitative estimate of drug-likeness (QED) is 0.474. The molecule has 0 aromatic heterocycles. The van der Waals surface area contributed by atoms with E-state index in [1.807, 2.05) is 41.3 Å². The van der Waals surface area contributed by atoms with Crippen LogP contribution in [0.5, 0.6) is 0 Å². The predicted molar refractivity (Wildman–Crippen MR) is 126 cm³/mol. The zero-order chi connectivity index (χ0) is 21.1. The molecule has 0 bridgehead atoms. The van der Waals surface area contributed by atoms with Crippen molar-refractivity contribution in [2.75, 3.05) is 24.5 Å². The second-order valence-corrected chi connectivity index (χ2v) is 9.67. The smallest absolute Gasteiger partial charge is 0.222 e. The van der Waals surface area contributed by atoms with E-state index in [9.17, 15) is 4.79 Å². The first-order valence-corrected chi connectivity index (χ1v) is 11.9. The van der Waals surface area contributed by atoms with Crippen molar-refractivity contribution in [3.8, 4) is 0 Å². The molecular formula is C24H27Cl3N2O. The summed E-state index contributed by atoms with van der Waals surface area (Å²) in [6, 6.07) is 13.5. The standard InChI is InChI=1S/C24H27Cl3N2O/c25-19-8-6-18(7-9-19)23-16-28(24(30)12-5-17-3-1-2-4-17)13-14-29(23)22-11-10-20(26)15-21(22)27/h6-11,15,17,23H,1-5,12-14,16H2/t23-/m0/s1. The molecule has 160 valence electrons. The van der Waals surface area contributed by atoms with Gasteiger partial charge in [0.2, 0.25) is 5.91 Å². The summed E-state index contributed by atoms with van der Waals surface area (Å²) < 4.78 is 0. The van der Waals surface area contributed by atoms with Gasteiger partial charge < -0.3 is 9.80 Å². The van der Waals surface area contributed by atoms with Crippen LogP contribution in [0.3, 0.4) is 0 Å². The highest BCUT2D eigenvalue weighted by Gasteiger charge is 2.32. The highest BCUT2D eigenvalue weighted by molar-refractivity contribution is 6.36. The monoisotopic (exact) mass is 464 g/mol. The Hall–Kier alpha value is -1.42. The van der Waals surface area contributed by atoms with Crippen LogP contribution >= 0.6 is 34.8 Å². The van der Waals surface area contributed by atoms with Gasteiger partial charge >= 0.3 is 0 Å². The van der Waals surface area contributed by atoms with E-state index in [2.05, 4.69) is 4.90 Å². The first-order chi connectivity index (χ1) is 14.5. The Kier molecular flexibility index (Phi) is 7.12. The van der Waals surface area contributed by atoms with Crippen LogP contribution in [0.15, 0.2) is 42.5 Å². The summed E-state index contributed by atoms with van der Waals surface area (Å²) in [6.45, 7) is 2.07. The first-order valence-electron chi connectivity index (χ1n) is 10.8. The fourth-order valence-corrected chi connectivity index (χ4v) is 5.41. The van der Waals surface area contributed by atoms with E-state index in [0.717, 1.165) is 30.1 Å². The normalized spacial score (nSPS) is 20.0. The van der Waals surface area contributed by atoms with Crippen molar-refractivity contribution in [1.82, 2.24) is 4.90 Å². The number of piperazine rings is 1. The fraction of sp³-hybridized carbons (Fsp3) is 0.458. The molecule has 0 unspecified atom stereocenters. The van der Waals surface area contributed by atoms with Crippen LogP contribution in [0, 0.1) is 5.92 Å². The molecule has 6 heteroatoms. The van der Waals surface area contributed by atoms with Gasteiger partial charge in [-0.2, -0.15) is 0 Å². The summed E-state index contributed by atoms with van der Waals surface area (Å²) >= 11 is 18.8. The van der Waals surface area contributed by atoms with Gasteiger partial charge in [0.05, 0.1) is 16.8 Å². The lowest BCUT2D eigenvalue weighted by atomic mass is 9.99. The number of carbonyl (C=O) groups is 1. The third kappa shape index (κ3) is 5.07. The summed E-state index contributed by atoms with van der Waals surface area (Å²) in [7, 11) is 0. The van der Waals surface area contributed by atoms with Gasteiger partial charge in [0, 0.05) is 36.1 Å². The Morgan fingerprint density at radius 1 is 0.933 bits per heavy atom. The maximum absolute atomic E-state index is 13.0. The molecule has 30 heavy (non-hydrogen) atoms. The molecule has 2 aromatic carbocycles. The van der Waals surface area contributed by atoms with Crippen LogP contribution in [0.4, 0.5) is 5.69 Å². The van der Waals surface area contributed by atoms with Crippen molar-refractivity contribution in [3.63, 3.8) is 0 Å². The Balaban J connectivity index is 1.53. The summed E-state index contributed by atoms with van der Waals surface area (Å²) in [5.41, 5.74) is 2.07. The molecule has 1 heterocycles. The van der Waals surface area contributed by atoms with Gasteiger partial charge in [0.1, 0.15) is 0 Å². The van der Waals surface area contributed by atoms with Crippen LogP contribution < -0.4 is 4.90 Å². The van der Waals surface area contributed by atoms with Gasteiger partial charge in [-0.25, -0.2) is 0 Å². The lowest BCUT2D eigenvalue weighted by Crippen LogP contribution is -2.50. The number of carbonyl (C=O) groups excluding carboxylic acids is 1. The van der Waals surface area contributed by atoms with E-state index >= 15 is 0 Å². The van der Waals surface area contributed by atoms with E-state index in [-0.39, 0.29) is 11.9 Å². The van der Waals surface area contributed by atoms with E-state index in [4.69, 9.17) is 34.8 Å². The van der Waals surface area contributed by atoms with Gasteiger partial charge in [0.15, 0.2) is 0 Å². The fourth-order valence-electron chi connectivity index (χ4n) is 4.77. The van der Waals surface area contributed by atoms with Crippen molar-refractivity contribution in [2.45, 2.75) is 44.6 Å². The van der Waals surface area contributed by atoms with E-state index in [1.165, 1.54) is 25.7 Å². The molecule has 4 rings (SSSR count). The SMILES string of the molecule is O=C(CCC1CCCC1)N1CCN(c2ccc(Cl)cc2Cl)[C@H](c2ccc(Cl)cc2)C1. The zero-order valence-electron chi connectivity index (χ0n) is 17.0. The molecule has 1 amide bonds. The highest BCUT2D eigenvalue weighted by Crippen LogP contribution is 2.37. The number of hydrogen-bond donors (Lipinski definition) is 0. The van der Waals surface area contributed by atoms with Crippen molar-refractivity contribution in [2.24, 2.45) is 5.92 Å². The van der Waals surface area contributed by atoms with Gasteiger partial charge in [-0.05, 0) is 48.2 Å². The van der Waals surface area contributed by atoms with Crippen molar-refractivity contribution in [3.05, 3.63) is 63.1 Å². The predicted octanol–water partition coefficient (Wildman–Crippen LogP) is 7.01. The Labute approximate surface area is 193 Å². The number of amides is 1. The molecule has 1 aliphatic heterocycles. The minimum absolute atomic E-state index is 0.0186. The lowest BCUT2D eigenvalue weighted by molar-refractivity contribution is -0.132. The summed E-state index contributed by atoms with van der Waals surface area (Å²) in [6.07, 6.45) is 6.87. The minimum Gasteiger partial charge on any atom is -0.360 e. The molecule has 1 atom stereocenters. The highest BCUT2D eigenvalue weighted by atomic mass is 35.5. The van der Waals surface area contributed by atoms with E-state index < -0.39 is 0 Å². The Morgan fingerprint density at radius 2 is 1.63 bits per heavy atom. The molecule has 0 spiro atoms. The minimum atomic E-state index is 0.0186. The topological polar surface area (TPSA) is 23.6 Å². The van der Waals surface area contributed by atoms with Crippen molar-refractivity contribution < 1.29 is 4.79 Å². The number of benzene rings is 2. The van der Waals surface area contributed by atoms with Crippen LogP contribution in [0.25, 0.3) is 0 Å². The molecule has 1 saturated heterocycles. The number of halogens is 3. The van der Waals surface area contributed by atoms with Gasteiger partial charge in [-0.15, -0.1) is 0 Å². The molecule has 2 aliphatic rings. The molecule has 2 aromatic rings. The third-order valence-electron chi connectivity index (χ3n) is 6.45. The van der Waals surface area contributed by atoms with Crippen molar-refractivity contribution >= 4 is 46.4 Å². The molecule has 1 saturated carbocycles. The summed E-state index contributed by atoms with van der Waals surface area (Å²) in [5.74, 6) is 0.998. The second kappa shape index (κ2) is 9.80. The number of anilines is 1. The van der Waals surface area contributed by atoms with Crippen molar-refractivity contribution in [1.29, 1.82) is 0 Å². The number of rotatable bonds is 5. The summed E-state index contributed by atoms with van der Waals surface area (Å²) in [4.78, 5) is 17.3. The molecule has 0 N–H and O–H groups in total.